The Labute approximate surface area is 88.7 Å². The molecular weight excluding hydrogens is 198 g/mol. The monoisotopic (exact) mass is 213 g/mol. The van der Waals surface area contributed by atoms with E-state index in [0.717, 1.165) is 0 Å². The molecule has 0 aromatic heterocycles. The Balaban J connectivity index is 3.01. The predicted octanol–water partition coefficient (Wildman–Crippen LogP) is 1.27. The molecule has 0 aliphatic carbocycles. The van der Waals surface area contributed by atoms with Crippen LogP contribution < -0.4 is 19.9 Å². The number of nitrogen functional groups attached to an aromatic ring is 1. The number of rotatable bonds is 5. The molecule has 0 amide bonds. The highest BCUT2D eigenvalue weighted by molar-refractivity contribution is 5.63. The number of nitrogens with two attached hydrogens (primary N) is 1. The molecule has 0 heterocycles. The highest BCUT2D eigenvalue weighted by atomic mass is 16.7. The van der Waals surface area contributed by atoms with E-state index in [2.05, 4.69) is 0 Å². The van der Waals surface area contributed by atoms with Gasteiger partial charge in [-0.05, 0) is 0 Å². The lowest BCUT2D eigenvalue weighted by molar-refractivity contribution is 0.0497. The van der Waals surface area contributed by atoms with Crippen molar-refractivity contribution in [1.82, 2.24) is 0 Å². The summed E-state index contributed by atoms with van der Waals surface area (Å²) in [5.74, 6) is 1.60. The van der Waals surface area contributed by atoms with E-state index in [1.54, 1.807) is 19.2 Å². The number of benzene rings is 1. The number of anilines is 1. The van der Waals surface area contributed by atoms with Crippen LogP contribution in [0.3, 0.4) is 0 Å². The van der Waals surface area contributed by atoms with Crippen LogP contribution in [0, 0.1) is 0 Å². The van der Waals surface area contributed by atoms with Gasteiger partial charge in [0.1, 0.15) is 5.75 Å². The van der Waals surface area contributed by atoms with E-state index >= 15 is 0 Å². The van der Waals surface area contributed by atoms with Gasteiger partial charge in [0, 0.05) is 19.2 Å². The molecule has 1 rings (SSSR count). The average molecular weight is 213 g/mol. The van der Waals surface area contributed by atoms with Crippen molar-refractivity contribution in [3.63, 3.8) is 0 Å². The fourth-order valence-electron chi connectivity index (χ4n) is 1.14. The summed E-state index contributed by atoms with van der Waals surface area (Å²) in [4.78, 5) is 0. The summed E-state index contributed by atoms with van der Waals surface area (Å²) < 4.78 is 20.2. The molecule has 0 radical (unpaired) electrons. The highest BCUT2D eigenvalue weighted by Gasteiger charge is 2.11. The largest absolute Gasteiger partial charge is 0.497 e. The van der Waals surface area contributed by atoms with E-state index in [-0.39, 0.29) is 6.79 Å². The van der Waals surface area contributed by atoms with Crippen molar-refractivity contribution in [2.75, 3.05) is 33.9 Å². The summed E-state index contributed by atoms with van der Waals surface area (Å²) >= 11 is 0. The van der Waals surface area contributed by atoms with Crippen molar-refractivity contribution in [2.45, 2.75) is 0 Å². The smallest absolute Gasteiger partial charge is 0.189 e. The first kappa shape index (κ1) is 11.5. The number of hydrogen-bond donors (Lipinski definition) is 1. The number of ether oxygens (including phenoxy) is 4. The Kier molecular flexibility index (Phi) is 4.05. The Morgan fingerprint density at radius 1 is 1.13 bits per heavy atom. The third kappa shape index (κ3) is 2.66. The quantitative estimate of drug-likeness (QED) is 0.589. The van der Waals surface area contributed by atoms with Crippen LogP contribution in [0.25, 0.3) is 0 Å². The molecule has 1 aromatic carbocycles. The molecule has 2 N–H and O–H groups in total. The van der Waals surface area contributed by atoms with Crippen molar-refractivity contribution < 1.29 is 18.9 Å². The minimum atomic E-state index is 0.118. The van der Waals surface area contributed by atoms with Gasteiger partial charge in [-0.15, -0.1) is 0 Å². The van der Waals surface area contributed by atoms with E-state index in [1.165, 1.54) is 14.2 Å². The Morgan fingerprint density at radius 3 is 2.40 bits per heavy atom. The van der Waals surface area contributed by atoms with Gasteiger partial charge in [0.25, 0.3) is 0 Å². The summed E-state index contributed by atoms with van der Waals surface area (Å²) in [6.45, 7) is 0.118. The van der Waals surface area contributed by atoms with E-state index in [1.807, 2.05) is 0 Å². The minimum absolute atomic E-state index is 0.118. The average Bonchev–Trinajstić information content (AvgIpc) is 2.26. The second-order valence-electron chi connectivity index (χ2n) is 2.80. The van der Waals surface area contributed by atoms with Gasteiger partial charge in [-0.2, -0.15) is 0 Å². The van der Waals surface area contributed by atoms with E-state index < -0.39 is 0 Å². The van der Waals surface area contributed by atoms with Gasteiger partial charge in [-0.3, -0.25) is 0 Å². The maximum absolute atomic E-state index is 5.77. The predicted molar refractivity (Wildman–Crippen MR) is 56.5 cm³/mol. The zero-order chi connectivity index (χ0) is 11.3. The molecule has 0 spiro atoms. The van der Waals surface area contributed by atoms with Crippen LogP contribution in [0.15, 0.2) is 12.1 Å². The fourth-order valence-corrected chi connectivity index (χ4v) is 1.14. The van der Waals surface area contributed by atoms with Gasteiger partial charge in [0.2, 0.25) is 0 Å². The molecule has 0 bridgehead atoms. The van der Waals surface area contributed by atoms with Crippen molar-refractivity contribution in [3.8, 4) is 17.2 Å². The van der Waals surface area contributed by atoms with E-state index in [4.69, 9.17) is 24.7 Å². The fraction of sp³-hybridized carbons (Fsp3) is 0.400. The standard InChI is InChI=1S/C10H15NO4/c1-12-6-15-10-8(11)4-7(13-2)5-9(10)14-3/h4-5H,6,11H2,1-3H3. The molecular formula is C10H15NO4. The lowest BCUT2D eigenvalue weighted by Crippen LogP contribution is -2.04. The van der Waals surface area contributed by atoms with Crippen LogP contribution in [0.2, 0.25) is 0 Å². The van der Waals surface area contributed by atoms with Gasteiger partial charge in [-0.1, -0.05) is 0 Å². The molecule has 5 nitrogen and oxygen atoms in total. The minimum Gasteiger partial charge on any atom is -0.497 e. The lowest BCUT2D eigenvalue weighted by Gasteiger charge is -2.13. The summed E-state index contributed by atoms with van der Waals surface area (Å²) in [6, 6.07) is 3.36. The second kappa shape index (κ2) is 5.31. The summed E-state index contributed by atoms with van der Waals surface area (Å²) in [5, 5.41) is 0. The van der Waals surface area contributed by atoms with Gasteiger partial charge < -0.3 is 24.7 Å². The molecule has 15 heavy (non-hydrogen) atoms. The molecule has 0 fully saturated rings. The summed E-state index contributed by atoms with van der Waals surface area (Å²) in [6.07, 6.45) is 0. The maximum atomic E-state index is 5.77. The molecule has 0 saturated heterocycles. The Bertz CT molecular complexity index is 327. The van der Waals surface area contributed by atoms with Gasteiger partial charge in [0.15, 0.2) is 18.3 Å². The van der Waals surface area contributed by atoms with Crippen LogP contribution >= 0.6 is 0 Å². The molecule has 0 saturated carbocycles. The first-order valence-electron chi connectivity index (χ1n) is 4.36. The summed E-state index contributed by atoms with van der Waals surface area (Å²) in [7, 11) is 4.63. The molecule has 0 unspecified atom stereocenters. The first-order chi connectivity index (χ1) is 7.22. The molecule has 5 heteroatoms. The van der Waals surface area contributed by atoms with Crippen molar-refractivity contribution >= 4 is 5.69 Å². The van der Waals surface area contributed by atoms with Gasteiger partial charge >= 0.3 is 0 Å². The third-order valence-corrected chi connectivity index (χ3v) is 1.83. The number of methoxy groups -OCH3 is 3. The SMILES string of the molecule is COCOc1c(N)cc(OC)cc1OC. The van der Waals surface area contributed by atoms with Crippen LogP contribution in [-0.2, 0) is 4.74 Å². The molecule has 0 aliphatic rings. The van der Waals surface area contributed by atoms with Crippen LogP contribution in [0.5, 0.6) is 17.2 Å². The van der Waals surface area contributed by atoms with E-state index in [9.17, 15) is 0 Å². The zero-order valence-corrected chi connectivity index (χ0v) is 9.07. The topological polar surface area (TPSA) is 62.9 Å². The van der Waals surface area contributed by atoms with Crippen LogP contribution in [0.1, 0.15) is 0 Å². The highest BCUT2D eigenvalue weighted by Crippen LogP contribution is 2.37. The molecule has 0 aliphatic heterocycles. The molecule has 1 aromatic rings. The van der Waals surface area contributed by atoms with Crippen LogP contribution in [0.4, 0.5) is 5.69 Å². The van der Waals surface area contributed by atoms with E-state index in [0.29, 0.717) is 22.9 Å². The lowest BCUT2D eigenvalue weighted by atomic mass is 10.2. The molecule has 0 atom stereocenters. The Hall–Kier alpha value is -1.62. The van der Waals surface area contributed by atoms with Crippen molar-refractivity contribution in [3.05, 3.63) is 12.1 Å². The van der Waals surface area contributed by atoms with Gasteiger partial charge in [0.05, 0.1) is 19.9 Å². The normalized spacial score (nSPS) is 9.80. The zero-order valence-electron chi connectivity index (χ0n) is 9.07. The third-order valence-electron chi connectivity index (χ3n) is 1.83. The first-order valence-corrected chi connectivity index (χ1v) is 4.36. The second-order valence-corrected chi connectivity index (χ2v) is 2.80. The van der Waals surface area contributed by atoms with Gasteiger partial charge in [-0.25, -0.2) is 0 Å². The Morgan fingerprint density at radius 2 is 1.87 bits per heavy atom. The van der Waals surface area contributed by atoms with Crippen molar-refractivity contribution in [1.29, 1.82) is 0 Å². The van der Waals surface area contributed by atoms with Crippen molar-refractivity contribution in [2.24, 2.45) is 0 Å². The van der Waals surface area contributed by atoms with Crippen LogP contribution in [-0.4, -0.2) is 28.1 Å². The summed E-state index contributed by atoms with van der Waals surface area (Å²) in [5.41, 5.74) is 6.22. The maximum Gasteiger partial charge on any atom is 0.189 e. The number of hydrogen-bond acceptors (Lipinski definition) is 5. The molecule has 84 valence electrons.